The summed E-state index contributed by atoms with van der Waals surface area (Å²) in [6, 6.07) is 0. The summed E-state index contributed by atoms with van der Waals surface area (Å²) in [7, 11) is 1.00. The topological polar surface area (TPSA) is 170 Å². The van der Waals surface area contributed by atoms with Crippen molar-refractivity contribution in [3.8, 4) is 11.5 Å². The molecular formula is C5H7N11O. The zero-order valence-corrected chi connectivity index (χ0v) is 8.55. The van der Waals surface area contributed by atoms with Crippen LogP contribution < -0.4 is 5.73 Å². The summed E-state index contributed by atoms with van der Waals surface area (Å²) in [6.45, 7) is 0. The number of tetrazole rings is 2. The van der Waals surface area contributed by atoms with Gasteiger partial charge in [0.15, 0.2) is 11.5 Å². The molecule has 3 aromatic heterocycles. The first kappa shape index (κ1) is 10.7. The summed E-state index contributed by atoms with van der Waals surface area (Å²) < 4.78 is 1.13. The van der Waals surface area contributed by atoms with Crippen molar-refractivity contribution in [1.82, 2.24) is 50.9 Å². The van der Waals surface area contributed by atoms with E-state index >= 15 is 0 Å². The van der Waals surface area contributed by atoms with E-state index in [2.05, 4.69) is 46.2 Å². The second-order valence-corrected chi connectivity index (χ2v) is 2.55. The van der Waals surface area contributed by atoms with Crippen LogP contribution >= 0.6 is 0 Å². The van der Waals surface area contributed by atoms with Crippen LogP contribution in [0.15, 0.2) is 0 Å². The number of aromatic nitrogens is 10. The Morgan fingerprint density at radius 3 is 2.82 bits per heavy atom. The molecule has 3 aromatic rings. The van der Waals surface area contributed by atoms with Crippen molar-refractivity contribution in [2.75, 3.05) is 12.8 Å². The smallest absolute Gasteiger partial charge is 0.293 e. The second-order valence-electron chi connectivity index (χ2n) is 2.55. The molecule has 88 valence electrons. The summed E-state index contributed by atoms with van der Waals surface area (Å²) >= 11 is 0. The Labute approximate surface area is 92.9 Å². The largest absolute Gasteiger partial charge is 0.400 e. The first-order valence-corrected chi connectivity index (χ1v) is 4.25. The van der Waals surface area contributed by atoms with Gasteiger partial charge in [-0.25, -0.2) is 0 Å². The van der Waals surface area contributed by atoms with Gasteiger partial charge in [-0.1, -0.05) is 9.73 Å². The number of nitrogens with one attached hydrogen (secondary N) is 1. The lowest BCUT2D eigenvalue weighted by atomic mass is 10.4. The van der Waals surface area contributed by atoms with E-state index in [4.69, 9.17) is 10.8 Å². The molecule has 0 unspecified atom stereocenters. The number of fused-ring (bicyclic) bond motifs is 1. The third kappa shape index (κ3) is 1.83. The Morgan fingerprint density at radius 2 is 2.12 bits per heavy atom. The molecule has 12 heteroatoms. The average Bonchev–Trinajstić information content (AvgIpc) is 3.00. The Hall–Kier alpha value is -2.76. The highest BCUT2D eigenvalue weighted by Gasteiger charge is 2.13. The van der Waals surface area contributed by atoms with E-state index in [1.54, 1.807) is 0 Å². The molecule has 0 amide bonds. The predicted octanol–water partition coefficient (Wildman–Crippen LogP) is -2.71. The molecule has 0 bridgehead atoms. The quantitative estimate of drug-likeness (QED) is 0.404. The molecule has 3 rings (SSSR count). The van der Waals surface area contributed by atoms with Crippen molar-refractivity contribution in [2.45, 2.75) is 0 Å². The lowest BCUT2D eigenvalue weighted by molar-refractivity contribution is 0.399. The average molecular weight is 237 g/mol. The lowest BCUT2D eigenvalue weighted by Gasteiger charge is -1.97. The third-order valence-electron chi connectivity index (χ3n) is 1.65. The predicted molar refractivity (Wildman–Crippen MR) is 52.1 cm³/mol. The summed E-state index contributed by atoms with van der Waals surface area (Å²) in [5.41, 5.74) is 5.90. The number of aliphatic hydroxyl groups excluding tert-OH is 1. The monoisotopic (exact) mass is 237 g/mol. The Balaban J connectivity index is 0.000000514. The minimum atomic E-state index is 0.138. The molecule has 0 atom stereocenters. The van der Waals surface area contributed by atoms with Gasteiger partial charge in [-0.05, 0) is 15.6 Å². The maximum Gasteiger partial charge on any atom is 0.293 e. The van der Waals surface area contributed by atoms with Crippen LogP contribution in [-0.2, 0) is 0 Å². The van der Waals surface area contributed by atoms with Crippen LogP contribution in [0.25, 0.3) is 17.3 Å². The van der Waals surface area contributed by atoms with Gasteiger partial charge in [0.25, 0.3) is 5.78 Å². The van der Waals surface area contributed by atoms with E-state index < -0.39 is 0 Å². The molecule has 12 nitrogen and oxygen atoms in total. The van der Waals surface area contributed by atoms with Crippen molar-refractivity contribution in [2.24, 2.45) is 0 Å². The summed E-state index contributed by atoms with van der Waals surface area (Å²) in [6.07, 6.45) is 0. The summed E-state index contributed by atoms with van der Waals surface area (Å²) in [5.74, 6) is 0.579. The highest BCUT2D eigenvalue weighted by atomic mass is 16.2. The fourth-order valence-corrected chi connectivity index (χ4v) is 1.04. The molecule has 0 radical (unpaired) electrons. The van der Waals surface area contributed by atoms with E-state index in [-0.39, 0.29) is 23.1 Å². The molecule has 4 N–H and O–H groups in total. The maximum absolute atomic E-state index is 7.00. The third-order valence-corrected chi connectivity index (χ3v) is 1.65. The van der Waals surface area contributed by atoms with Gasteiger partial charge in [-0.15, -0.1) is 15.3 Å². The van der Waals surface area contributed by atoms with E-state index in [1.807, 2.05) is 0 Å². The van der Waals surface area contributed by atoms with Crippen LogP contribution in [0.1, 0.15) is 0 Å². The number of aliphatic hydroxyl groups is 1. The Morgan fingerprint density at radius 1 is 1.29 bits per heavy atom. The van der Waals surface area contributed by atoms with Crippen LogP contribution in [0, 0.1) is 0 Å². The van der Waals surface area contributed by atoms with Crippen LogP contribution in [-0.4, -0.2) is 63.1 Å². The van der Waals surface area contributed by atoms with Gasteiger partial charge in [-0.2, -0.15) is 10.2 Å². The fourth-order valence-electron chi connectivity index (χ4n) is 1.04. The minimum absolute atomic E-state index is 0.138. The number of aromatic amines is 1. The highest BCUT2D eigenvalue weighted by molar-refractivity contribution is 5.63. The Kier molecular flexibility index (Phi) is 2.78. The summed E-state index contributed by atoms with van der Waals surface area (Å²) in [4.78, 5) is 3.91. The zero-order valence-electron chi connectivity index (χ0n) is 8.55. The van der Waals surface area contributed by atoms with E-state index in [0.29, 0.717) is 0 Å². The molecule has 0 fully saturated rings. The normalized spacial score (nSPS) is 10.0. The number of rotatable bonds is 1. The van der Waals surface area contributed by atoms with Crippen LogP contribution in [0.4, 0.5) is 5.82 Å². The molecule has 3 heterocycles. The Bertz CT molecular complexity index is 599. The van der Waals surface area contributed by atoms with Gasteiger partial charge in [0, 0.05) is 7.11 Å². The van der Waals surface area contributed by atoms with Gasteiger partial charge in [0.2, 0.25) is 5.82 Å². The lowest BCUT2D eigenvalue weighted by Crippen LogP contribution is -2.05. The molecule has 0 spiro atoms. The molecule has 0 aliphatic carbocycles. The van der Waals surface area contributed by atoms with Gasteiger partial charge < -0.3 is 10.8 Å². The maximum atomic E-state index is 7.00. The zero-order chi connectivity index (χ0) is 12.3. The SMILES string of the molecule is CO.Nc1nc2nnnn2nc1-c1nn[nH]n1. The van der Waals surface area contributed by atoms with Crippen LogP contribution in [0.3, 0.4) is 0 Å². The van der Waals surface area contributed by atoms with Crippen molar-refractivity contribution in [3.05, 3.63) is 0 Å². The number of hydrogen-bond acceptors (Lipinski definition) is 10. The highest BCUT2D eigenvalue weighted by Crippen LogP contribution is 2.15. The van der Waals surface area contributed by atoms with E-state index in [9.17, 15) is 0 Å². The van der Waals surface area contributed by atoms with Crippen LogP contribution in [0.5, 0.6) is 0 Å². The molecule has 0 aromatic carbocycles. The number of hydrogen-bond donors (Lipinski definition) is 3. The van der Waals surface area contributed by atoms with E-state index in [0.717, 1.165) is 11.7 Å². The van der Waals surface area contributed by atoms with Gasteiger partial charge in [0.05, 0.1) is 0 Å². The first-order valence-electron chi connectivity index (χ1n) is 4.25. The fraction of sp³-hybridized carbons (Fsp3) is 0.200. The van der Waals surface area contributed by atoms with Crippen molar-refractivity contribution >= 4 is 11.6 Å². The standard InChI is InChI=1S/C4H3N11.CH4O/c5-2-1(3-7-11-12-8-3)10-15-4(6-2)9-13-14-15;1-2/h(H2,5,6,9,14)(H,7,8,11,12);2H,1H3. The van der Waals surface area contributed by atoms with Crippen molar-refractivity contribution in [1.29, 1.82) is 0 Å². The van der Waals surface area contributed by atoms with Gasteiger partial charge in [-0.3, -0.25) is 0 Å². The van der Waals surface area contributed by atoms with Gasteiger partial charge in [0.1, 0.15) is 0 Å². The van der Waals surface area contributed by atoms with Gasteiger partial charge >= 0.3 is 0 Å². The number of nitrogens with zero attached hydrogens (tertiary/aromatic N) is 9. The van der Waals surface area contributed by atoms with Crippen LogP contribution in [0.2, 0.25) is 0 Å². The second kappa shape index (κ2) is 4.40. The van der Waals surface area contributed by atoms with Crippen molar-refractivity contribution < 1.29 is 5.11 Å². The minimum Gasteiger partial charge on any atom is -0.400 e. The number of anilines is 1. The van der Waals surface area contributed by atoms with E-state index in [1.165, 1.54) is 0 Å². The molecule has 0 aliphatic rings. The number of nitrogens with two attached hydrogens (primary N) is 1. The number of H-pyrrole nitrogens is 1. The molecular weight excluding hydrogens is 230 g/mol. The molecule has 0 saturated heterocycles. The first-order chi connectivity index (χ1) is 8.34. The van der Waals surface area contributed by atoms with Crippen molar-refractivity contribution in [3.63, 3.8) is 0 Å². The molecule has 17 heavy (non-hydrogen) atoms. The molecule has 0 aliphatic heterocycles. The molecule has 0 saturated carbocycles. The number of nitrogen functional groups attached to an aromatic ring is 1. The summed E-state index contributed by atoms with van der Waals surface area (Å²) in [5, 5.41) is 34.6.